The number of benzene rings is 1. The van der Waals surface area contributed by atoms with Gasteiger partial charge in [0.05, 0.1) is 6.61 Å². The molecule has 1 atom stereocenters. The maximum atomic E-state index is 12.9. The number of thioether (sulfide) groups is 1. The second kappa shape index (κ2) is 6.59. The van der Waals surface area contributed by atoms with Crippen molar-refractivity contribution in [3.05, 3.63) is 30.1 Å². The summed E-state index contributed by atoms with van der Waals surface area (Å²) in [5.41, 5.74) is -0.698. The smallest absolute Gasteiger partial charge is 0.326 e. The van der Waals surface area contributed by atoms with Crippen molar-refractivity contribution in [3.63, 3.8) is 0 Å². The van der Waals surface area contributed by atoms with Crippen LogP contribution >= 0.6 is 11.8 Å². The molecular weight excluding hydrogens is 277 g/mol. The minimum Gasteiger partial charge on any atom is -0.465 e. The zero-order valence-corrected chi connectivity index (χ0v) is 12.6. The van der Waals surface area contributed by atoms with Gasteiger partial charge in [-0.1, -0.05) is 0 Å². The molecule has 1 N–H and O–H groups in total. The van der Waals surface area contributed by atoms with Gasteiger partial charge in [-0.25, -0.2) is 4.39 Å². The van der Waals surface area contributed by atoms with Crippen LogP contribution in [0.5, 0.6) is 0 Å². The van der Waals surface area contributed by atoms with Crippen LogP contribution < -0.4 is 5.32 Å². The summed E-state index contributed by atoms with van der Waals surface area (Å²) in [6.07, 6.45) is 2.21. The summed E-state index contributed by atoms with van der Waals surface area (Å²) < 4.78 is 18.0. The van der Waals surface area contributed by atoms with Crippen molar-refractivity contribution < 1.29 is 13.9 Å². The molecule has 0 saturated heterocycles. The molecule has 1 fully saturated rings. The van der Waals surface area contributed by atoms with Crippen LogP contribution in [0.25, 0.3) is 0 Å². The Balaban J connectivity index is 1.99. The van der Waals surface area contributed by atoms with Crippen LogP contribution in [-0.4, -0.2) is 29.9 Å². The maximum absolute atomic E-state index is 12.9. The molecule has 3 nitrogen and oxygen atoms in total. The topological polar surface area (TPSA) is 38.3 Å². The van der Waals surface area contributed by atoms with E-state index in [1.807, 2.05) is 13.8 Å². The van der Waals surface area contributed by atoms with E-state index in [0.29, 0.717) is 18.4 Å². The molecule has 1 aromatic carbocycles. The first-order chi connectivity index (χ1) is 9.53. The number of carbonyl (C=O) groups is 1. The molecular formula is C15H20FNO2S. The van der Waals surface area contributed by atoms with E-state index in [9.17, 15) is 9.18 Å². The monoisotopic (exact) mass is 297 g/mol. The molecule has 0 aromatic heterocycles. The van der Waals surface area contributed by atoms with Crippen LogP contribution in [-0.2, 0) is 9.53 Å². The zero-order valence-electron chi connectivity index (χ0n) is 11.8. The largest absolute Gasteiger partial charge is 0.465 e. The third-order valence-electron chi connectivity index (χ3n) is 3.17. The normalized spacial score (nSPS) is 17.6. The highest BCUT2D eigenvalue weighted by Gasteiger charge is 2.39. The summed E-state index contributed by atoms with van der Waals surface area (Å²) in [5, 5.41) is 3.36. The molecule has 110 valence electrons. The van der Waals surface area contributed by atoms with E-state index in [4.69, 9.17) is 4.74 Å². The predicted octanol–water partition coefficient (Wildman–Crippen LogP) is 2.99. The molecule has 5 heteroatoms. The number of hydrogen-bond acceptors (Lipinski definition) is 4. The van der Waals surface area contributed by atoms with E-state index in [1.165, 1.54) is 23.9 Å². The minimum absolute atomic E-state index is 0.221. The molecule has 1 aliphatic rings. The van der Waals surface area contributed by atoms with E-state index in [2.05, 4.69) is 5.32 Å². The molecule has 1 saturated carbocycles. The summed E-state index contributed by atoms with van der Waals surface area (Å²) in [6.45, 7) is 4.06. The van der Waals surface area contributed by atoms with Gasteiger partial charge in [0.1, 0.15) is 11.4 Å². The molecule has 1 unspecified atom stereocenters. The first-order valence-electron chi connectivity index (χ1n) is 6.87. The van der Waals surface area contributed by atoms with Crippen LogP contribution in [0.4, 0.5) is 4.39 Å². The maximum Gasteiger partial charge on any atom is 0.326 e. The molecule has 1 aliphatic carbocycles. The van der Waals surface area contributed by atoms with E-state index >= 15 is 0 Å². The fourth-order valence-electron chi connectivity index (χ4n) is 1.89. The van der Waals surface area contributed by atoms with Gasteiger partial charge < -0.3 is 4.74 Å². The lowest BCUT2D eigenvalue weighted by atomic mass is 10.1. The number of rotatable bonds is 7. The lowest BCUT2D eigenvalue weighted by Gasteiger charge is -2.28. The number of esters is 1. The van der Waals surface area contributed by atoms with Gasteiger partial charge in [0.15, 0.2) is 0 Å². The van der Waals surface area contributed by atoms with Crippen molar-refractivity contribution in [1.82, 2.24) is 5.32 Å². The predicted molar refractivity (Wildman–Crippen MR) is 78.3 cm³/mol. The Labute approximate surface area is 123 Å². The van der Waals surface area contributed by atoms with E-state index < -0.39 is 5.54 Å². The second-order valence-corrected chi connectivity index (χ2v) is 6.26. The summed E-state index contributed by atoms with van der Waals surface area (Å²) in [5.74, 6) is 0.0913. The van der Waals surface area contributed by atoms with E-state index in [0.717, 1.165) is 17.7 Å². The fraction of sp³-hybridized carbons (Fsp3) is 0.533. The highest BCUT2D eigenvalue weighted by Crippen LogP contribution is 2.28. The van der Waals surface area contributed by atoms with E-state index in [-0.39, 0.29) is 11.8 Å². The van der Waals surface area contributed by atoms with Crippen LogP contribution in [0.2, 0.25) is 0 Å². The number of ether oxygens (including phenoxy) is 1. The van der Waals surface area contributed by atoms with Gasteiger partial charge >= 0.3 is 5.97 Å². The third kappa shape index (κ3) is 4.21. The summed E-state index contributed by atoms with van der Waals surface area (Å²) in [6, 6.07) is 6.72. The summed E-state index contributed by atoms with van der Waals surface area (Å²) in [4.78, 5) is 13.1. The average molecular weight is 297 g/mol. The lowest BCUT2D eigenvalue weighted by Crippen LogP contribution is -2.53. The molecule has 0 aliphatic heterocycles. The van der Waals surface area contributed by atoms with Gasteiger partial charge in [0.2, 0.25) is 0 Å². The van der Waals surface area contributed by atoms with Crippen molar-refractivity contribution in [1.29, 1.82) is 0 Å². The third-order valence-corrected chi connectivity index (χ3v) is 4.49. The molecule has 20 heavy (non-hydrogen) atoms. The van der Waals surface area contributed by atoms with Crippen molar-refractivity contribution >= 4 is 17.7 Å². The van der Waals surface area contributed by atoms with Crippen LogP contribution in [0.1, 0.15) is 26.7 Å². The van der Waals surface area contributed by atoms with Crippen molar-refractivity contribution in [3.8, 4) is 0 Å². The number of carbonyl (C=O) groups excluding carboxylic acids is 1. The number of nitrogens with one attached hydrogen (secondary N) is 1. The quantitative estimate of drug-likeness (QED) is 0.620. The number of halogens is 1. The number of hydrogen-bond donors (Lipinski definition) is 1. The highest BCUT2D eigenvalue weighted by molar-refractivity contribution is 7.99. The zero-order chi connectivity index (χ0) is 14.6. The van der Waals surface area contributed by atoms with Gasteiger partial charge in [0.25, 0.3) is 0 Å². The van der Waals surface area contributed by atoms with E-state index in [1.54, 1.807) is 12.1 Å². The van der Waals surface area contributed by atoms with Crippen LogP contribution in [0, 0.1) is 5.82 Å². The minimum atomic E-state index is -0.698. The van der Waals surface area contributed by atoms with Crippen molar-refractivity contribution in [2.45, 2.75) is 43.2 Å². The van der Waals surface area contributed by atoms with Crippen molar-refractivity contribution in [2.75, 3.05) is 12.4 Å². The average Bonchev–Trinajstić information content (AvgIpc) is 3.22. The Morgan fingerprint density at radius 2 is 2.10 bits per heavy atom. The molecule has 0 spiro atoms. The van der Waals surface area contributed by atoms with Crippen molar-refractivity contribution in [2.24, 2.45) is 0 Å². The fourth-order valence-corrected chi connectivity index (χ4v) is 2.87. The van der Waals surface area contributed by atoms with Crippen LogP contribution in [0.3, 0.4) is 0 Å². The first-order valence-corrected chi connectivity index (χ1v) is 7.85. The Bertz CT molecular complexity index is 461. The van der Waals surface area contributed by atoms with Gasteiger partial charge in [-0.2, -0.15) is 0 Å². The molecule has 0 bridgehead atoms. The second-order valence-electron chi connectivity index (χ2n) is 5.21. The molecule has 1 aromatic rings. The van der Waals surface area contributed by atoms with Gasteiger partial charge in [0, 0.05) is 16.7 Å². The Kier molecular flexibility index (Phi) is 5.05. The standard InChI is InChI=1S/C15H20FNO2S/c1-3-19-14(18)15(2,17-12-6-7-12)10-20-13-8-4-11(16)5-9-13/h4-5,8-9,12,17H,3,6-7,10H2,1-2H3. The Hall–Kier alpha value is -1.07. The van der Waals surface area contributed by atoms with Gasteiger partial charge in [-0.3, -0.25) is 10.1 Å². The summed E-state index contributed by atoms with van der Waals surface area (Å²) >= 11 is 1.53. The summed E-state index contributed by atoms with van der Waals surface area (Å²) in [7, 11) is 0. The first kappa shape index (κ1) is 15.3. The van der Waals surface area contributed by atoms with Gasteiger partial charge in [-0.05, 0) is 51.0 Å². The molecule has 0 amide bonds. The highest BCUT2D eigenvalue weighted by atomic mass is 32.2. The molecule has 0 radical (unpaired) electrons. The molecule has 2 rings (SSSR count). The van der Waals surface area contributed by atoms with Gasteiger partial charge in [-0.15, -0.1) is 11.8 Å². The lowest BCUT2D eigenvalue weighted by molar-refractivity contribution is -0.149. The SMILES string of the molecule is CCOC(=O)C(C)(CSc1ccc(F)cc1)NC1CC1. The molecule has 0 heterocycles. The Morgan fingerprint density at radius 1 is 1.45 bits per heavy atom. The Morgan fingerprint density at radius 3 is 2.65 bits per heavy atom. The van der Waals surface area contributed by atoms with Crippen LogP contribution in [0.15, 0.2) is 29.2 Å².